The van der Waals surface area contributed by atoms with E-state index in [0.29, 0.717) is 24.0 Å². The van der Waals surface area contributed by atoms with Crippen molar-refractivity contribution in [2.45, 2.75) is 19.3 Å². The maximum Gasteiger partial charge on any atom is 0.255 e. The highest BCUT2D eigenvalue weighted by atomic mass is 16.3. The molecular weight excluding hydrogens is 436 g/mol. The van der Waals surface area contributed by atoms with E-state index >= 15 is 0 Å². The molecule has 0 saturated carbocycles. The molecule has 2 aromatic carbocycles. The number of allylic oxidation sites excluding steroid dienone is 3. The predicted molar refractivity (Wildman–Crippen MR) is 120 cm³/mol. The monoisotopic (exact) mass is 456 g/mol. The van der Waals surface area contributed by atoms with Crippen molar-refractivity contribution in [1.29, 1.82) is 5.26 Å². The van der Waals surface area contributed by atoms with Gasteiger partial charge in [-0.2, -0.15) is 5.26 Å². The Bertz CT molecular complexity index is 1390. The van der Waals surface area contributed by atoms with Crippen LogP contribution < -0.4 is 5.73 Å². The number of hydrogen-bond donors (Lipinski definition) is 4. The van der Waals surface area contributed by atoms with Gasteiger partial charge in [-0.1, -0.05) is 18.2 Å². The number of benzene rings is 2. The van der Waals surface area contributed by atoms with E-state index in [1.165, 1.54) is 6.07 Å². The molecule has 0 radical (unpaired) electrons. The van der Waals surface area contributed by atoms with Gasteiger partial charge in [0.2, 0.25) is 0 Å². The first-order valence-corrected chi connectivity index (χ1v) is 10.8. The molecule has 8 nitrogen and oxygen atoms in total. The summed E-state index contributed by atoms with van der Waals surface area (Å²) in [6.07, 6.45) is 0.653. The first-order valence-electron chi connectivity index (χ1n) is 10.8. The van der Waals surface area contributed by atoms with Crippen LogP contribution in [-0.4, -0.2) is 32.8 Å². The summed E-state index contributed by atoms with van der Waals surface area (Å²) >= 11 is 0. The molecule has 34 heavy (non-hydrogen) atoms. The van der Waals surface area contributed by atoms with Crippen LogP contribution in [0.3, 0.4) is 0 Å². The minimum atomic E-state index is -1.14. The fourth-order valence-corrected chi connectivity index (χ4v) is 5.63. The van der Waals surface area contributed by atoms with Gasteiger partial charge in [-0.05, 0) is 59.6 Å². The lowest BCUT2D eigenvalue weighted by molar-refractivity contribution is -0.126. The number of Topliss-reactive ketones (excluding diaryl/α,β-unsaturated/α-hetero) is 2. The molecule has 3 aliphatic carbocycles. The number of carbonyl (C=O) groups is 3. The second-order valence-corrected chi connectivity index (χ2v) is 8.93. The molecule has 0 aliphatic heterocycles. The Balaban J connectivity index is 1.63. The number of hydrogen-bond acceptors (Lipinski definition) is 7. The van der Waals surface area contributed by atoms with Crippen molar-refractivity contribution in [3.05, 3.63) is 75.8 Å². The Hall–Kier alpha value is -4.38. The Labute approximate surface area is 194 Å². The Morgan fingerprint density at radius 3 is 2.38 bits per heavy atom. The lowest BCUT2D eigenvalue weighted by Crippen LogP contribution is -2.43. The van der Waals surface area contributed by atoms with E-state index in [1.807, 2.05) is 0 Å². The number of rotatable bonds is 2. The van der Waals surface area contributed by atoms with Crippen LogP contribution in [0.5, 0.6) is 5.75 Å². The number of fused-ring (bicyclic) bond motifs is 3. The highest BCUT2D eigenvalue weighted by Crippen LogP contribution is 2.50. The lowest BCUT2D eigenvalue weighted by atomic mass is 9.62. The summed E-state index contributed by atoms with van der Waals surface area (Å²) in [5.74, 6) is -5.55. The highest BCUT2D eigenvalue weighted by Gasteiger charge is 2.50. The second-order valence-electron chi connectivity index (χ2n) is 8.93. The third kappa shape index (κ3) is 3.01. The van der Waals surface area contributed by atoms with Crippen molar-refractivity contribution in [2.24, 2.45) is 23.5 Å². The van der Waals surface area contributed by atoms with Crippen LogP contribution >= 0.6 is 0 Å². The highest BCUT2D eigenvalue weighted by molar-refractivity contribution is 6.22. The zero-order valence-corrected chi connectivity index (χ0v) is 17.9. The van der Waals surface area contributed by atoms with Crippen molar-refractivity contribution in [3.8, 4) is 22.9 Å². The Kier molecular flexibility index (Phi) is 4.79. The van der Waals surface area contributed by atoms with Crippen LogP contribution in [-0.2, 0) is 16.0 Å². The van der Waals surface area contributed by atoms with Crippen molar-refractivity contribution >= 4 is 17.5 Å². The number of aliphatic hydroxyl groups is 2. The van der Waals surface area contributed by atoms with E-state index in [0.717, 1.165) is 11.1 Å². The molecule has 0 aromatic heterocycles. The van der Waals surface area contributed by atoms with Crippen LogP contribution in [0.4, 0.5) is 0 Å². The van der Waals surface area contributed by atoms with E-state index in [-0.39, 0.29) is 23.3 Å². The zero-order chi connectivity index (χ0) is 24.3. The minimum Gasteiger partial charge on any atom is -0.511 e. The standard InChI is InChI=1S/C26H20N2O6/c27-10-11-1-3-12(4-2-11)15-5-6-17(29)21-16(15)8-13-7-14-9-18(30)22(26(28)34)25(33)20(14)23(31)19(13)24(21)32/h1-6,13-14,20,29-31H,7-9H2,(H2,28,34). The van der Waals surface area contributed by atoms with E-state index in [9.17, 15) is 29.7 Å². The van der Waals surface area contributed by atoms with Crippen LogP contribution in [0.1, 0.15) is 34.3 Å². The van der Waals surface area contributed by atoms with Gasteiger partial charge in [0.05, 0.1) is 23.1 Å². The quantitative estimate of drug-likeness (QED) is 0.505. The molecule has 1 amide bonds. The second kappa shape index (κ2) is 7.59. The smallest absolute Gasteiger partial charge is 0.255 e. The van der Waals surface area contributed by atoms with Gasteiger partial charge in [0, 0.05) is 12.0 Å². The third-order valence-electron chi connectivity index (χ3n) is 7.09. The fourth-order valence-electron chi connectivity index (χ4n) is 5.63. The molecule has 0 fully saturated rings. The van der Waals surface area contributed by atoms with Gasteiger partial charge in [-0.25, -0.2) is 0 Å². The number of nitrogens with zero attached hydrogens (tertiary/aromatic N) is 1. The summed E-state index contributed by atoms with van der Waals surface area (Å²) in [6, 6.07) is 12.0. The normalized spacial score (nSPS) is 23.7. The summed E-state index contributed by atoms with van der Waals surface area (Å²) in [6.45, 7) is 0. The number of nitriles is 1. The lowest BCUT2D eigenvalue weighted by Gasteiger charge is -2.41. The average molecular weight is 456 g/mol. The molecule has 0 bridgehead atoms. The van der Waals surface area contributed by atoms with Crippen molar-refractivity contribution in [2.75, 3.05) is 0 Å². The van der Waals surface area contributed by atoms with E-state index in [4.69, 9.17) is 11.0 Å². The molecule has 0 heterocycles. The van der Waals surface area contributed by atoms with Crippen molar-refractivity contribution < 1.29 is 29.7 Å². The van der Waals surface area contributed by atoms with Gasteiger partial charge in [0.25, 0.3) is 5.91 Å². The van der Waals surface area contributed by atoms with Gasteiger partial charge in [0.1, 0.15) is 22.8 Å². The molecule has 5 N–H and O–H groups in total. The topological polar surface area (TPSA) is 162 Å². The molecule has 2 aromatic rings. The van der Waals surface area contributed by atoms with Gasteiger partial charge in [-0.15, -0.1) is 0 Å². The minimum absolute atomic E-state index is 0.00785. The van der Waals surface area contributed by atoms with Crippen molar-refractivity contribution in [1.82, 2.24) is 0 Å². The van der Waals surface area contributed by atoms with E-state index < -0.39 is 52.3 Å². The van der Waals surface area contributed by atoms with Crippen LogP contribution in [0.2, 0.25) is 0 Å². The van der Waals surface area contributed by atoms with Gasteiger partial charge >= 0.3 is 0 Å². The number of ketones is 2. The number of primary amides is 1. The van der Waals surface area contributed by atoms with Gasteiger partial charge in [0.15, 0.2) is 11.6 Å². The maximum atomic E-state index is 13.5. The zero-order valence-electron chi connectivity index (χ0n) is 17.9. The molecule has 5 rings (SSSR count). The number of phenolic OH excluding ortho intramolecular Hbond substituents is 1. The van der Waals surface area contributed by atoms with Gasteiger partial charge < -0.3 is 21.1 Å². The molecule has 8 heteroatoms. The Morgan fingerprint density at radius 2 is 1.74 bits per heavy atom. The summed E-state index contributed by atoms with van der Waals surface area (Å²) < 4.78 is 0. The number of aliphatic hydroxyl groups excluding tert-OH is 2. The Morgan fingerprint density at radius 1 is 1.03 bits per heavy atom. The summed E-state index contributed by atoms with van der Waals surface area (Å²) in [5, 5.41) is 40.9. The third-order valence-corrected chi connectivity index (χ3v) is 7.09. The number of aromatic hydroxyl groups is 1. The fraction of sp³-hybridized carbons (Fsp3) is 0.231. The number of nitrogens with two attached hydrogens (primary N) is 1. The largest absolute Gasteiger partial charge is 0.511 e. The number of carbonyl (C=O) groups excluding carboxylic acids is 3. The SMILES string of the molecule is N#Cc1ccc(-c2ccc(O)c3c2CC2CC4CC(O)=C(C(N)=O)C(=O)C4C(O)=C2C3=O)cc1. The first-order chi connectivity index (χ1) is 16.2. The summed E-state index contributed by atoms with van der Waals surface area (Å²) in [7, 11) is 0. The van der Waals surface area contributed by atoms with E-state index in [2.05, 4.69) is 6.07 Å². The predicted octanol–water partition coefficient (Wildman–Crippen LogP) is 3.00. The number of phenols is 1. The molecule has 170 valence electrons. The molecular formula is C26H20N2O6. The van der Waals surface area contributed by atoms with Crippen LogP contribution in [0, 0.1) is 29.1 Å². The molecule has 3 unspecified atom stereocenters. The van der Waals surface area contributed by atoms with E-state index in [1.54, 1.807) is 30.3 Å². The van der Waals surface area contributed by atoms with Crippen LogP contribution in [0.25, 0.3) is 11.1 Å². The van der Waals surface area contributed by atoms with Crippen molar-refractivity contribution in [3.63, 3.8) is 0 Å². The number of amides is 1. The molecule has 0 saturated heterocycles. The maximum absolute atomic E-state index is 13.5. The first kappa shape index (κ1) is 21.5. The summed E-state index contributed by atoms with van der Waals surface area (Å²) in [5.41, 5.74) is 7.44. The molecule has 0 spiro atoms. The molecule has 3 atom stereocenters. The summed E-state index contributed by atoms with van der Waals surface area (Å²) in [4.78, 5) is 38.1. The van der Waals surface area contributed by atoms with Crippen LogP contribution in [0.15, 0.2) is 59.1 Å². The average Bonchev–Trinajstić information content (AvgIpc) is 2.78. The molecule has 3 aliphatic rings. The van der Waals surface area contributed by atoms with Gasteiger partial charge in [-0.3, -0.25) is 14.4 Å².